The van der Waals surface area contributed by atoms with Crippen molar-refractivity contribution in [2.45, 2.75) is 48.8 Å². The summed E-state index contributed by atoms with van der Waals surface area (Å²) >= 11 is 7.20. The predicted octanol–water partition coefficient (Wildman–Crippen LogP) is 1.99. The Morgan fingerprint density at radius 3 is 3.00 bits per heavy atom. The smallest absolute Gasteiger partial charge is 0.272 e. The Balaban J connectivity index is 2.04. The maximum Gasteiger partial charge on any atom is 0.277 e. The minimum Gasteiger partial charge on any atom is -0.272 e. The van der Waals surface area contributed by atoms with Crippen LogP contribution < -0.4 is 11.0 Å². The summed E-state index contributed by atoms with van der Waals surface area (Å²) in [5, 5.41) is 1.32. The number of hydrogen-bond acceptors (Lipinski definition) is 4. The van der Waals surface area contributed by atoms with Crippen LogP contribution in [0.1, 0.15) is 43.0 Å². The Hall–Kier alpha value is -1.01. The van der Waals surface area contributed by atoms with E-state index in [-0.39, 0.29) is 17.4 Å². The first-order chi connectivity index (χ1) is 9.61. The predicted molar refractivity (Wildman–Crippen MR) is 79.2 cm³/mol. The zero-order chi connectivity index (χ0) is 14.3. The Bertz CT molecular complexity index is 616. The molecule has 1 fully saturated rings. The summed E-state index contributed by atoms with van der Waals surface area (Å²) in [6.07, 6.45) is 4.55. The van der Waals surface area contributed by atoms with E-state index in [2.05, 4.69) is 10.4 Å². The third-order valence-corrected chi connectivity index (χ3v) is 5.59. The zero-order valence-corrected chi connectivity index (χ0v) is 12.8. The molecule has 5 nitrogen and oxygen atoms in total. The summed E-state index contributed by atoms with van der Waals surface area (Å²) in [7, 11) is 0. The van der Waals surface area contributed by atoms with E-state index in [0.717, 1.165) is 29.9 Å². The molecule has 1 aromatic rings. The number of nitrogens with one attached hydrogen (secondary N) is 1. The van der Waals surface area contributed by atoms with Gasteiger partial charge in [-0.25, -0.2) is 9.66 Å². The highest BCUT2D eigenvalue weighted by Crippen LogP contribution is 2.49. The second-order valence-electron chi connectivity index (χ2n) is 5.23. The number of amides is 1. The number of carbonyl (C=O) groups excluding carboxylic acids is 1. The molecule has 0 unspecified atom stereocenters. The molecule has 108 valence electrons. The van der Waals surface area contributed by atoms with E-state index < -0.39 is 5.91 Å². The quantitative estimate of drug-likeness (QED) is 0.670. The third kappa shape index (κ3) is 2.24. The van der Waals surface area contributed by atoms with Crippen LogP contribution in [-0.2, 0) is 4.79 Å². The topological polar surface area (TPSA) is 64.0 Å². The lowest BCUT2D eigenvalue weighted by molar-refractivity contribution is -0.114. The van der Waals surface area contributed by atoms with Gasteiger partial charge in [-0.3, -0.25) is 15.0 Å². The van der Waals surface area contributed by atoms with Crippen LogP contribution in [0.2, 0.25) is 0 Å². The number of hydrogen-bond donors (Lipinski definition) is 1. The average Bonchev–Trinajstić information content (AvgIpc) is 2.81. The lowest BCUT2D eigenvalue weighted by atomic mass is 9.85. The molecule has 20 heavy (non-hydrogen) atoms. The van der Waals surface area contributed by atoms with E-state index >= 15 is 0 Å². The van der Waals surface area contributed by atoms with Gasteiger partial charge in [0.25, 0.3) is 11.5 Å². The maximum absolute atomic E-state index is 12.6. The highest BCUT2D eigenvalue weighted by molar-refractivity contribution is 8.00. The lowest BCUT2D eigenvalue weighted by Crippen LogP contribution is -2.38. The van der Waals surface area contributed by atoms with E-state index in [4.69, 9.17) is 11.6 Å². The fourth-order valence-electron chi connectivity index (χ4n) is 3.02. The van der Waals surface area contributed by atoms with Crippen LogP contribution in [0.25, 0.3) is 0 Å². The molecule has 1 aliphatic carbocycles. The van der Waals surface area contributed by atoms with Gasteiger partial charge in [-0.05, 0) is 19.8 Å². The largest absolute Gasteiger partial charge is 0.277 e. The van der Waals surface area contributed by atoms with E-state index in [1.165, 1.54) is 11.1 Å². The number of carbonyl (C=O) groups is 1. The molecule has 1 amide bonds. The minimum atomic E-state index is -0.399. The molecule has 1 aliphatic heterocycles. The molecule has 2 aliphatic rings. The summed E-state index contributed by atoms with van der Waals surface area (Å²) in [5.74, 6) is 0.204. The number of alkyl halides is 1. The summed E-state index contributed by atoms with van der Waals surface area (Å²) < 4.78 is 1.24. The maximum atomic E-state index is 12.6. The van der Waals surface area contributed by atoms with Gasteiger partial charge in [-0.2, -0.15) is 0 Å². The zero-order valence-electron chi connectivity index (χ0n) is 11.2. The van der Waals surface area contributed by atoms with Crippen molar-refractivity contribution in [3.8, 4) is 0 Å². The van der Waals surface area contributed by atoms with Gasteiger partial charge in [0.15, 0.2) is 0 Å². The second-order valence-corrected chi connectivity index (χ2v) is 6.73. The average molecular weight is 314 g/mol. The second kappa shape index (κ2) is 5.41. The van der Waals surface area contributed by atoms with Crippen LogP contribution in [0.4, 0.5) is 0 Å². The molecule has 3 rings (SSSR count). The number of thioether (sulfide) groups is 1. The first kappa shape index (κ1) is 13.9. The van der Waals surface area contributed by atoms with Crippen LogP contribution >= 0.6 is 23.4 Å². The minimum absolute atomic E-state index is 0.145. The van der Waals surface area contributed by atoms with Gasteiger partial charge in [-0.1, -0.05) is 12.8 Å². The lowest BCUT2D eigenvalue weighted by Gasteiger charge is -2.23. The normalized spacial score (nSPS) is 24.1. The monoisotopic (exact) mass is 313 g/mol. The molecule has 7 heteroatoms. The Morgan fingerprint density at radius 1 is 1.50 bits per heavy atom. The fraction of sp³-hybridized carbons (Fsp3) is 0.615. The van der Waals surface area contributed by atoms with E-state index in [9.17, 15) is 9.59 Å². The first-order valence-corrected chi connectivity index (χ1v) is 8.19. The Labute approximate surface area is 126 Å². The number of rotatable bonds is 2. The van der Waals surface area contributed by atoms with Crippen molar-refractivity contribution in [2.24, 2.45) is 0 Å². The number of nitrogens with zero attached hydrogens (tertiary/aromatic N) is 2. The van der Waals surface area contributed by atoms with Crippen molar-refractivity contribution in [1.82, 2.24) is 9.66 Å². The van der Waals surface area contributed by atoms with Gasteiger partial charge < -0.3 is 0 Å². The van der Waals surface area contributed by atoms with Gasteiger partial charge in [-0.15, -0.1) is 23.4 Å². The number of halogens is 1. The summed E-state index contributed by atoms with van der Waals surface area (Å²) in [4.78, 5) is 28.6. The van der Waals surface area contributed by atoms with Gasteiger partial charge in [0.05, 0.1) is 5.56 Å². The van der Waals surface area contributed by atoms with Crippen molar-refractivity contribution in [3.05, 3.63) is 21.7 Å². The summed E-state index contributed by atoms with van der Waals surface area (Å²) in [6, 6.07) is 0. The van der Waals surface area contributed by atoms with E-state index in [1.807, 2.05) is 0 Å². The number of aryl methyl sites for hydroxylation is 1. The Morgan fingerprint density at radius 2 is 2.25 bits per heavy atom. The van der Waals surface area contributed by atoms with Gasteiger partial charge >= 0.3 is 0 Å². The Kier molecular flexibility index (Phi) is 3.77. The molecule has 1 aromatic heterocycles. The molecule has 0 bridgehead atoms. The molecule has 0 saturated heterocycles. The molecule has 1 saturated carbocycles. The van der Waals surface area contributed by atoms with Crippen molar-refractivity contribution in [1.29, 1.82) is 0 Å². The summed E-state index contributed by atoms with van der Waals surface area (Å²) in [6.45, 7) is 1.72. The molecular weight excluding hydrogens is 298 g/mol. The van der Waals surface area contributed by atoms with Crippen molar-refractivity contribution < 1.29 is 4.79 Å². The van der Waals surface area contributed by atoms with Crippen molar-refractivity contribution in [2.75, 3.05) is 11.3 Å². The molecule has 2 heterocycles. The van der Waals surface area contributed by atoms with Gasteiger partial charge in [0, 0.05) is 11.2 Å². The number of fused-ring (bicyclic) bond motifs is 3. The van der Waals surface area contributed by atoms with Crippen LogP contribution in [-0.4, -0.2) is 26.7 Å². The molecule has 0 spiro atoms. The highest BCUT2D eigenvalue weighted by atomic mass is 35.5. The van der Waals surface area contributed by atoms with Crippen LogP contribution in [0.15, 0.2) is 9.82 Å². The molecule has 1 N–H and O–H groups in total. The van der Waals surface area contributed by atoms with Crippen LogP contribution in [0, 0.1) is 6.92 Å². The third-order valence-electron chi connectivity index (χ3n) is 3.95. The highest BCUT2D eigenvalue weighted by Gasteiger charge is 2.39. The van der Waals surface area contributed by atoms with Crippen LogP contribution in [0.5, 0.6) is 0 Å². The molecule has 0 aromatic carbocycles. The van der Waals surface area contributed by atoms with Gasteiger partial charge in [0.2, 0.25) is 0 Å². The number of aromatic nitrogens is 2. The summed E-state index contributed by atoms with van der Waals surface area (Å²) in [5.41, 5.74) is 3.15. The molecular formula is C13H16ClN3O2S. The fourth-order valence-corrected chi connectivity index (χ4v) is 4.64. The molecule has 2 atom stereocenters. The van der Waals surface area contributed by atoms with Crippen molar-refractivity contribution >= 4 is 29.3 Å². The standard InChI is InChI=1S/C13H16ClN3O2S/c1-7-15-12-11(8-4-2-3-5-9(8)20-12)13(19)17(7)16-10(18)6-14/h8-9H,2-6H2,1H3,(H,16,18)/t8-,9+/m0/s1. The van der Waals surface area contributed by atoms with Crippen LogP contribution in [0.3, 0.4) is 0 Å². The van der Waals surface area contributed by atoms with Crippen molar-refractivity contribution in [3.63, 3.8) is 0 Å². The van der Waals surface area contributed by atoms with Gasteiger partial charge in [0.1, 0.15) is 16.7 Å². The first-order valence-electron chi connectivity index (χ1n) is 6.78. The SMILES string of the molecule is Cc1nc2c(c(=O)n1NC(=O)CCl)[C@H]1CCCC[C@H]1S2. The van der Waals surface area contributed by atoms with E-state index in [0.29, 0.717) is 11.1 Å². The molecule has 0 radical (unpaired) electrons. The van der Waals surface area contributed by atoms with E-state index in [1.54, 1.807) is 18.7 Å².